The van der Waals surface area contributed by atoms with Crippen LogP contribution >= 0.6 is 11.6 Å². The number of carbonyl (C=O) groups is 1. The molecule has 0 aliphatic heterocycles. The van der Waals surface area contributed by atoms with E-state index < -0.39 is 5.60 Å². The second-order valence-electron chi connectivity index (χ2n) is 5.62. The van der Waals surface area contributed by atoms with E-state index in [-0.39, 0.29) is 12.5 Å². The summed E-state index contributed by atoms with van der Waals surface area (Å²) < 4.78 is 0. The number of carbonyl (C=O) groups excluding carboxylic acids is 1. The number of amides is 1. The molecule has 110 valence electrons. The summed E-state index contributed by atoms with van der Waals surface area (Å²) in [6.07, 6.45) is 3.50. The summed E-state index contributed by atoms with van der Waals surface area (Å²) in [5, 5.41) is 14.2. The molecule has 1 aromatic heterocycles. The Morgan fingerprint density at radius 3 is 2.81 bits per heavy atom. The minimum atomic E-state index is -0.762. The highest BCUT2D eigenvalue weighted by Crippen LogP contribution is 2.29. The Balaban J connectivity index is 1.84. The molecule has 1 aliphatic carbocycles. The molecule has 1 heterocycles. The van der Waals surface area contributed by atoms with Crippen LogP contribution in [-0.4, -0.2) is 28.1 Å². The predicted molar refractivity (Wildman–Crippen MR) is 82.5 cm³/mol. The third-order valence-corrected chi connectivity index (χ3v) is 4.24. The van der Waals surface area contributed by atoms with Gasteiger partial charge in [0.25, 0.3) is 5.91 Å². The van der Waals surface area contributed by atoms with Gasteiger partial charge in [0.2, 0.25) is 0 Å². The SMILES string of the molecule is O=C(NCC1(O)CCCC1)c1cc(Cl)nc2ccccc12. The lowest BCUT2D eigenvalue weighted by Crippen LogP contribution is -2.40. The number of nitrogens with zero attached hydrogens (tertiary/aromatic N) is 1. The second-order valence-corrected chi connectivity index (χ2v) is 6.01. The molecule has 0 radical (unpaired) electrons. The van der Waals surface area contributed by atoms with E-state index in [2.05, 4.69) is 10.3 Å². The van der Waals surface area contributed by atoms with Crippen LogP contribution in [0.15, 0.2) is 30.3 Å². The molecule has 1 saturated carbocycles. The van der Waals surface area contributed by atoms with Gasteiger partial charge < -0.3 is 10.4 Å². The van der Waals surface area contributed by atoms with Crippen LogP contribution in [0.1, 0.15) is 36.0 Å². The maximum atomic E-state index is 12.4. The number of pyridine rings is 1. The number of rotatable bonds is 3. The van der Waals surface area contributed by atoms with Gasteiger partial charge >= 0.3 is 0 Å². The van der Waals surface area contributed by atoms with Crippen LogP contribution in [-0.2, 0) is 0 Å². The van der Waals surface area contributed by atoms with Crippen molar-refractivity contribution in [1.29, 1.82) is 0 Å². The van der Waals surface area contributed by atoms with Crippen LogP contribution in [0.2, 0.25) is 5.15 Å². The smallest absolute Gasteiger partial charge is 0.252 e. The minimum Gasteiger partial charge on any atom is -0.388 e. The number of halogens is 1. The Kier molecular flexibility index (Phi) is 3.83. The van der Waals surface area contributed by atoms with Crippen LogP contribution in [0.4, 0.5) is 0 Å². The van der Waals surface area contributed by atoms with Crippen molar-refractivity contribution in [2.75, 3.05) is 6.54 Å². The molecular formula is C16H17ClN2O2. The summed E-state index contributed by atoms with van der Waals surface area (Å²) in [5.41, 5.74) is 0.421. The molecule has 1 amide bonds. The van der Waals surface area contributed by atoms with Crippen molar-refractivity contribution >= 4 is 28.4 Å². The molecule has 0 spiro atoms. The van der Waals surface area contributed by atoms with Crippen molar-refractivity contribution in [3.05, 3.63) is 41.0 Å². The maximum absolute atomic E-state index is 12.4. The van der Waals surface area contributed by atoms with Crippen molar-refractivity contribution in [3.63, 3.8) is 0 Å². The van der Waals surface area contributed by atoms with Gasteiger partial charge in [-0.3, -0.25) is 4.79 Å². The first-order valence-electron chi connectivity index (χ1n) is 7.13. The first-order chi connectivity index (χ1) is 10.1. The molecule has 1 aromatic carbocycles. The van der Waals surface area contributed by atoms with E-state index in [1.165, 1.54) is 0 Å². The van der Waals surface area contributed by atoms with Crippen molar-refractivity contribution in [2.45, 2.75) is 31.3 Å². The topological polar surface area (TPSA) is 62.2 Å². The van der Waals surface area contributed by atoms with E-state index in [9.17, 15) is 9.90 Å². The van der Waals surface area contributed by atoms with E-state index in [4.69, 9.17) is 11.6 Å². The highest BCUT2D eigenvalue weighted by atomic mass is 35.5. The van der Waals surface area contributed by atoms with Crippen molar-refractivity contribution in [1.82, 2.24) is 10.3 Å². The van der Waals surface area contributed by atoms with Gasteiger partial charge in [-0.1, -0.05) is 42.6 Å². The maximum Gasteiger partial charge on any atom is 0.252 e. The molecule has 0 saturated heterocycles. The van der Waals surface area contributed by atoms with Crippen molar-refractivity contribution in [2.24, 2.45) is 0 Å². The third kappa shape index (κ3) is 3.01. The predicted octanol–water partition coefficient (Wildman–Crippen LogP) is 2.92. The van der Waals surface area contributed by atoms with Crippen LogP contribution in [0, 0.1) is 0 Å². The molecular weight excluding hydrogens is 288 g/mol. The standard InChI is InChI=1S/C16H17ClN2O2/c17-14-9-12(11-5-1-2-6-13(11)19-14)15(20)18-10-16(21)7-3-4-8-16/h1-2,5-6,9,21H,3-4,7-8,10H2,(H,18,20). The summed E-state index contributed by atoms with van der Waals surface area (Å²) in [4.78, 5) is 16.6. The van der Waals surface area contributed by atoms with Crippen LogP contribution < -0.4 is 5.32 Å². The van der Waals surface area contributed by atoms with Gasteiger partial charge in [-0.05, 0) is 25.0 Å². The van der Waals surface area contributed by atoms with E-state index >= 15 is 0 Å². The van der Waals surface area contributed by atoms with Crippen molar-refractivity contribution < 1.29 is 9.90 Å². The van der Waals surface area contributed by atoms with Crippen molar-refractivity contribution in [3.8, 4) is 0 Å². The molecule has 2 aromatic rings. The molecule has 4 nitrogen and oxygen atoms in total. The monoisotopic (exact) mass is 304 g/mol. The molecule has 3 rings (SSSR count). The number of aromatic nitrogens is 1. The summed E-state index contributed by atoms with van der Waals surface area (Å²) >= 11 is 5.98. The summed E-state index contributed by atoms with van der Waals surface area (Å²) in [6.45, 7) is 0.278. The van der Waals surface area contributed by atoms with Gasteiger partial charge in [-0.15, -0.1) is 0 Å². The van der Waals surface area contributed by atoms with Crippen LogP contribution in [0.25, 0.3) is 10.9 Å². The summed E-state index contributed by atoms with van der Waals surface area (Å²) in [7, 11) is 0. The zero-order valence-electron chi connectivity index (χ0n) is 11.6. The van der Waals surface area contributed by atoms with E-state index in [0.717, 1.165) is 31.1 Å². The Morgan fingerprint density at radius 2 is 2.05 bits per heavy atom. The molecule has 0 atom stereocenters. The van der Waals surface area contributed by atoms with E-state index in [1.807, 2.05) is 24.3 Å². The second kappa shape index (κ2) is 5.62. The van der Waals surface area contributed by atoms with Gasteiger partial charge in [-0.25, -0.2) is 4.98 Å². The van der Waals surface area contributed by atoms with Gasteiger partial charge in [0.05, 0.1) is 16.7 Å². The number of hydrogen-bond donors (Lipinski definition) is 2. The lowest BCUT2D eigenvalue weighted by molar-refractivity contribution is 0.0450. The van der Waals surface area contributed by atoms with Gasteiger partial charge in [0, 0.05) is 11.9 Å². The zero-order valence-corrected chi connectivity index (χ0v) is 12.4. The number of fused-ring (bicyclic) bond motifs is 1. The lowest BCUT2D eigenvalue weighted by Gasteiger charge is -2.22. The minimum absolute atomic E-state index is 0.226. The molecule has 5 heteroatoms. The first kappa shape index (κ1) is 14.3. The Morgan fingerprint density at radius 1 is 1.33 bits per heavy atom. The molecule has 21 heavy (non-hydrogen) atoms. The fourth-order valence-electron chi connectivity index (χ4n) is 2.88. The largest absolute Gasteiger partial charge is 0.388 e. The fourth-order valence-corrected chi connectivity index (χ4v) is 3.08. The van der Waals surface area contributed by atoms with Gasteiger partial charge in [0.1, 0.15) is 5.15 Å². The first-order valence-corrected chi connectivity index (χ1v) is 7.51. The van der Waals surface area contributed by atoms with Crippen LogP contribution in [0.3, 0.4) is 0 Å². The highest BCUT2D eigenvalue weighted by molar-refractivity contribution is 6.30. The average molecular weight is 305 g/mol. The molecule has 0 bridgehead atoms. The molecule has 1 aliphatic rings. The number of aliphatic hydroxyl groups is 1. The molecule has 1 fully saturated rings. The third-order valence-electron chi connectivity index (χ3n) is 4.04. The number of para-hydroxylation sites is 1. The number of benzene rings is 1. The average Bonchev–Trinajstić information content (AvgIpc) is 2.91. The van der Waals surface area contributed by atoms with E-state index in [1.54, 1.807) is 6.07 Å². The summed E-state index contributed by atoms with van der Waals surface area (Å²) in [6, 6.07) is 8.95. The molecule has 0 unspecified atom stereocenters. The Bertz CT molecular complexity index is 681. The van der Waals surface area contributed by atoms with Gasteiger partial charge in [-0.2, -0.15) is 0 Å². The normalized spacial score (nSPS) is 17.0. The highest BCUT2D eigenvalue weighted by Gasteiger charge is 2.31. The summed E-state index contributed by atoms with van der Waals surface area (Å²) in [5.74, 6) is -0.226. The van der Waals surface area contributed by atoms with Gasteiger partial charge in [0.15, 0.2) is 0 Å². The lowest BCUT2D eigenvalue weighted by atomic mass is 10.0. The zero-order chi connectivity index (χ0) is 14.9. The number of nitrogens with one attached hydrogen (secondary N) is 1. The van der Waals surface area contributed by atoms with E-state index in [0.29, 0.717) is 16.2 Å². The Hall–Kier alpha value is -1.65. The quantitative estimate of drug-likeness (QED) is 0.857. The fraction of sp³-hybridized carbons (Fsp3) is 0.375. The number of hydrogen-bond acceptors (Lipinski definition) is 3. The molecule has 2 N–H and O–H groups in total. The van der Waals surface area contributed by atoms with Crippen LogP contribution in [0.5, 0.6) is 0 Å². The Labute approximate surface area is 128 Å².